The number of carbonyl (C=O) groups is 1. The first-order valence-electron chi connectivity index (χ1n) is 9.62. The van der Waals surface area contributed by atoms with Gasteiger partial charge in [0.15, 0.2) is 16.3 Å². The van der Waals surface area contributed by atoms with Gasteiger partial charge in [0.2, 0.25) is 0 Å². The molecule has 2 aromatic carbocycles. The molecule has 0 aliphatic carbocycles. The first kappa shape index (κ1) is 20.6. The quantitative estimate of drug-likeness (QED) is 0.428. The van der Waals surface area contributed by atoms with Gasteiger partial charge in [-0.05, 0) is 19.1 Å². The third kappa shape index (κ3) is 3.77. The number of ether oxygens (including phenoxy) is 2. The lowest BCUT2D eigenvalue weighted by Crippen LogP contribution is -2.16. The zero-order valence-electron chi connectivity index (χ0n) is 17.5. The molecule has 0 bridgehead atoms. The second kappa shape index (κ2) is 8.61. The van der Waals surface area contributed by atoms with Crippen molar-refractivity contribution in [2.24, 2.45) is 4.99 Å². The van der Waals surface area contributed by atoms with Crippen molar-refractivity contribution in [3.8, 4) is 17.2 Å². The van der Waals surface area contributed by atoms with E-state index in [0.717, 1.165) is 21.6 Å². The molecule has 4 aromatic rings. The average Bonchev–Trinajstić information content (AvgIpc) is 3.33. The Labute approximate surface area is 183 Å². The number of para-hydroxylation sites is 1. The number of benzene rings is 2. The summed E-state index contributed by atoms with van der Waals surface area (Å²) < 4.78 is 15.4. The maximum atomic E-state index is 13.1. The van der Waals surface area contributed by atoms with Gasteiger partial charge >= 0.3 is 0 Å². The molecule has 0 aliphatic rings. The fourth-order valence-corrected chi connectivity index (χ4v) is 4.43. The molecule has 0 spiro atoms. The van der Waals surface area contributed by atoms with Gasteiger partial charge < -0.3 is 14.0 Å². The van der Waals surface area contributed by atoms with Gasteiger partial charge in [0.1, 0.15) is 0 Å². The molecule has 0 saturated heterocycles. The Morgan fingerprint density at radius 3 is 2.58 bits per heavy atom. The number of allylic oxidation sites excluding steroid dienone is 1. The molecule has 158 valence electrons. The third-order valence-electron chi connectivity index (χ3n) is 4.94. The lowest BCUT2D eigenvalue weighted by molar-refractivity contribution is 0.0997. The molecule has 31 heavy (non-hydrogen) atoms. The van der Waals surface area contributed by atoms with E-state index in [9.17, 15) is 4.79 Å². The van der Waals surface area contributed by atoms with E-state index in [1.165, 1.54) is 11.3 Å². The zero-order valence-corrected chi connectivity index (χ0v) is 18.3. The molecule has 2 heterocycles. The van der Waals surface area contributed by atoms with E-state index >= 15 is 0 Å². The van der Waals surface area contributed by atoms with E-state index < -0.39 is 0 Å². The second-order valence-corrected chi connectivity index (χ2v) is 7.78. The second-order valence-electron chi connectivity index (χ2n) is 6.77. The topological polar surface area (TPSA) is 70.6 Å². The molecular weight excluding hydrogens is 412 g/mol. The van der Waals surface area contributed by atoms with Gasteiger partial charge in [0, 0.05) is 18.7 Å². The molecule has 1 amide bonds. The largest absolute Gasteiger partial charge is 0.493 e. The van der Waals surface area contributed by atoms with E-state index in [2.05, 4.69) is 16.7 Å². The van der Waals surface area contributed by atoms with Crippen LogP contribution in [0.4, 0.5) is 0 Å². The SMILES string of the molecule is C=CCn1c(=NC(=O)c2cnn(-c3ccccc3)c2C)sc2cc(OC)c(OC)cc21. The number of rotatable bonds is 6. The van der Waals surface area contributed by atoms with Crippen LogP contribution >= 0.6 is 11.3 Å². The van der Waals surface area contributed by atoms with Crippen molar-refractivity contribution in [2.45, 2.75) is 13.5 Å². The fourth-order valence-electron chi connectivity index (χ4n) is 3.38. The molecule has 8 heteroatoms. The fraction of sp³-hybridized carbons (Fsp3) is 0.174. The Kier molecular flexibility index (Phi) is 5.73. The number of fused-ring (bicyclic) bond motifs is 1. The van der Waals surface area contributed by atoms with E-state index in [0.29, 0.717) is 28.4 Å². The van der Waals surface area contributed by atoms with Gasteiger partial charge in [0.05, 0.1) is 47.6 Å². The highest BCUT2D eigenvalue weighted by Crippen LogP contribution is 2.33. The van der Waals surface area contributed by atoms with Crippen molar-refractivity contribution >= 4 is 27.5 Å². The van der Waals surface area contributed by atoms with Crippen molar-refractivity contribution in [1.82, 2.24) is 14.3 Å². The van der Waals surface area contributed by atoms with Crippen molar-refractivity contribution in [3.63, 3.8) is 0 Å². The summed E-state index contributed by atoms with van der Waals surface area (Å²) in [4.78, 5) is 18.1. The lowest BCUT2D eigenvalue weighted by Gasteiger charge is -2.08. The Bertz CT molecular complexity index is 1330. The van der Waals surface area contributed by atoms with Gasteiger partial charge in [-0.3, -0.25) is 4.79 Å². The van der Waals surface area contributed by atoms with Crippen LogP contribution in [-0.4, -0.2) is 34.5 Å². The molecular formula is C23H22N4O3S. The van der Waals surface area contributed by atoms with Crippen LogP contribution in [0.3, 0.4) is 0 Å². The number of carbonyl (C=O) groups excluding carboxylic acids is 1. The minimum absolute atomic E-state index is 0.344. The summed E-state index contributed by atoms with van der Waals surface area (Å²) in [7, 11) is 3.19. The molecule has 0 fully saturated rings. The highest BCUT2D eigenvalue weighted by Gasteiger charge is 2.17. The molecule has 7 nitrogen and oxygen atoms in total. The van der Waals surface area contributed by atoms with Crippen LogP contribution < -0.4 is 14.3 Å². The molecule has 0 aliphatic heterocycles. The lowest BCUT2D eigenvalue weighted by atomic mass is 10.2. The maximum absolute atomic E-state index is 13.1. The van der Waals surface area contributed by atoms with E-state index in [4.69, 9.17) is 9.47 Å². The van der Waals surface area contributed by atoms with Crippen LogP contribution in [0, 0.1) is 6.92 Å². The highest BCUT2D eigenvalue weighted by atomic mass is 32.1. The molecule has 2 aromatic heterocycles. The van der Waals surface area contributed by atoms with Gasteiger partial charge in [-0.15, -0.1) is 6.58 Å². The standard InChI is InChI=1S/C23H22N4O3S/c1-5-11-26-18-12-19(29-3)20(30-4)13-21(18)31-23(26)25-22(28)17-14-24-27(15(17)2)16-9-7-6-8-10-16/h5-10,12-14H,1,11H2,2-4H3. The minimum atomic E-state index is -0.344. The predicted octanol–water partition coefficient (Wildman–Crippen LogP) is 4.14. The van der Waals surface area contributed by atoms with E-state index in [1.807, 2.05) is 54.0 Å². The summed E-state index contributed by atoms with van der Waals surface area (Å²) in [6, 6.07) is 13.5. The number of hydrogen-bond donors (Lipinski definition) is 0. The summed E-state index contributed by atoms with van der Waals surface area (Å²) >= 11 is 1.41. The predicted molar refractivity (Wildman–Crippen MR) is 121 cm³/mol. The van der Waals surface area contributed by atoms with Gasteiger partial charge in [-0.1, -0.05) is 35.6 Å². The minimum Gasteiger partial charge on any atom is -0.493 e. The van der Waals surface area contributed by atoms with Crippen molar-refractivity contribution in [3.05, 3.63) is 77.4 Å². The van der Waals surface area contributed by atoms with Crippen LogP contribution in [0.5, 0.6) is 11.5 Å². The molecule has 0 N–H and O–H groups in total. The Morgan fingerprint density at radius 1 is 1.19 bits per heavy atom. The molecule has 0 saturated carbocycles. The summed E-state index contributed by atoms with van der Waals surface area (Å²) in [5.41, 5.74) is 2.98. The average molecular weight is 435 g/mol. The van der Waals surface area contributed by atoms with Crippen LogP contribution in [0.1, 0.15) is 16.1 Å². The highest BCUT2D eigenvalue weighted by molar-refractivity contribution is 7.16. The maximum Gasteiger partial charge on any atom is 0.283 e. The first-order valence-corrected chi connectivity index (χ1v) is 10.4. The zero-order chi connectivity index (χ0) is 22.0. The summed E-state index contributed by atoms with van der Waals surface area (Å²) in [6.45, 7) is 6.20. The van der Waals surface area contributed by atoms with Crippen LogP contribution in [0.2, 0.25) is 0 Å². The number of amides is 1. The number of hydrogen-bond acceptors (Lipinski definition) is 5. The molecule has 4 rings (SSSR count). The van der Waals surface area contributed by atoms with Crippen molar-refractivity contribution < 1.29 is 14.3 Å². The molecule has 0 atom stereocenters. The Morgan fingerprint density at radius 2 is 1.90 bits per heavy atom. The van der Waals surface area contributed by atoms with E-state index in [1.54, 1.807) is 31.2 Å². The molecule has 0 unspecified atom stereocenters. The number of methoxy groups -OCH3 is 2. The smallest absolute Gasteiger partial charge is 0.283 e. The third-order valence-corrected chi connectivity index (χ3v) is 5.98. The first-order chi connectivity index (χ1) is 15.1. The van der Waals surface area contributed by atoms with E-state index in [-0.39, 0.29) is 5.91 Å². The monoisotopic (exact) mass is 434 g/mol. The van der Waals surface area contributed by atoms with Gasteiger partial charge in [0.25, 0.3) is 5.91 Å². The summed E-state index contributed by atoms with van der Waals surface area (Å²) in [5, 5.41) is 4.38. The van der Waals surface area contributed by atoms with Crippen LogP contribution in [-0.2, 0) is 6.54 Å². The van der Waals surface area contributed by atoms with Crippen LogP contribution in [0.15, 0.2) is 66.3 Å². The van der Waals surface area contributed by atoms with Gasteiger partial charge in [-0.2, -0.15) is 10.1 Å². The number of aromatic nitrogens is 3. The normalized spacial score (nSPS) is 11.6. The summed E-state index contributed by atoms with van der Waals surface area (Å²) in [5.74, 6) is 0.895. The Balaban J connectivity index is 1.82. The van der Waals surface area contributed by atoms with Crippen molar-refractivity contribution in [1.29, 1.82) is 0 Å². The molecule has 0 radical (unpaired) electrons. The van der Waals surface area contributed by atoms with Gasteiger partial charge in [-0.25, -0.2) is 4.68 Å². The number of thiazole rings is 1. The number of nitrogens with zero attached hydrogens (tertiary/aromatic N) is 4. The van der Waals surface area contributed by atoms with Crippen molar-refractivity contribution in [2.75, 3.05) is 14.2 Å². The van der Waals surface area contributed by atoms with Crippen LogP contribution in [0.25, 0.3) is 15.9 Å². The Hall–Kier alpha value is -3.65. The summed E-state index contributed by atoms with van der Waals surface area (Å²) in [6.07, 6.45) is 3.33.